The summed E-state index contributed by atoms with van der Waals surface area (Å²) in [6.45, 7) is 6.86. The van der Waals surface area contributed by atoms with Gasteiger partial charge in [-0.25, -0.2) is 4.39 Å². The Morgan fingerprint density at radius 3 is 2.43 bits per heavy atom. The molecule has 7 nitrogen and oxygen atoms in total. The molecule has 0 spiro atoms. The molecule has 0 saturated carbocycles. The van der Waals surface area contributed by atoms with E-state index in [2.05, 4.69) is 20.5 Å². The van der Waals surface area contributed by atoms with Crippen LogP contribution in [0.25, 0.3) is 0 Å². The van der Waals surface area contributed by atoms with Crippen LogP contribution in [0.2, 0.25) is 0 Å². The van der Waals surface area contributed by atoms with Gasteiger partial charge in [0.25, 0.3) is 0 Å². The number of rotatable bonds is 6. The zero-order chi connectivity index (χ0) is 24.8. The zero-order valence-corrected chi connectivity index (χ0v) is 20.0. The highest BCUT2D eigenvalue weighted by Crippen LogP contribution is 2.25. The molecule has 1 aromatic heterocycles. The van der Waals surface area contributed by atoms with Gasteiger partial charge in [-0.1, -0.05) is 24.3 Å². The number of hydrogen-bond acceptors (Lipinski definition) is 5. The van der Waals surface area contributed by atoms with Gasteiger partial charge in [-0.05, 0) is 60.9 Å². The van der Waals surface area contributed by atoms with Gasteiger partial charge < -0.3 is 15.5 Å². The van der Waals surface area contributed by atoms with E-state index in [9.17, 15) is 14.0 Å². The molecule has 0 aliphatic carbocycles. The number of aromatic nitrogens is 1. The lowest BCUT2D eigenvalue weighted by Crippen LogP contribution is -2.50. The number of benzene rings is 2. The van der Waals surface area contributed by atoms with Gasteiger partial charge in [0.05, 0.1) is 11.7 Å². The molecule has 2 amide bonds. The van der Waals surface area contributed by atoms with Gasteiger partial charge in [-0.2, -0.15) is 0 Å². The quantitative estimate of drug-likeness (QED) is 0.534. The van der Waals surface area contributed by atoms with Gasteiger partial charge in [0.15, 0.2) is 0 Å². The summed E-state index contributed by atoms with van der Waals surface area (Å²) in [5.74, 6) is -1.63. The van der Waals surface area contributed by atoms with Crippen LogP contribution in [0.1, 0.15) is 22.7 Å². The molecule has 35 heavy (non-hydrogen) atoms. The molecule has 8 heteroatoms. The molecular weight excluding hydrogens is 445 g/mol. The maximum atomic E-state index is 14.2. The number of nitrogens with one attached hydrogen (secondary N) is 2. The monoisotopic (exact) mass is 475 g/mol. The van der Waals surface area contributed by atoms with Crippen LogP contribution in [0.3, 0.4) is 0 Å². The third-order valence-electron chi connectivity index (χ3n) is 6.44. The van der Waals surface area contributed by atoms with Crippen LogP contribution in [-0.4, -0.2) is 54.4 Å². The molecule has 2 heterocycles. The summed E-state index contributed by atoms with van der Waals surface area (Å²) < 4.78 is 14.2. The van der Waals surface area contributed by atoms with E-state index >= 15 is 0 Å². The number of para-hydroxylation sites is 1. The number of piperazine rings is 1. The van der Waals surface area contributed by atoms with E-state index < -0.39 is 11.8 Å². The number of carbonyl (C=O) groups excluding carboxylic acids is 2. The van der Waals surface area contributed by atoms with Gasteiger partial charge in [-0.15, -0.1) is 0 Å². The van der Waals surface area contributed by atoms with Crippen molar-refractivity contribution in [1.29, 1.82) is 0 Å². The molecule has 0 radical (unpaired) electrons. The molecule has 0 bridgehead atoms. The van der Waals surface area contributed by atoms with Crippen LogP contribution in [-0.2, 0) is 9.59 Å². The molecule has 2 aromatic carbocycles. The van der Waals surface area contributed by atoms with Crippen molar-refractivity contribution in [3.8, 4) is 0 Å². The number of aryl methyl sites for hydroxylation is 2. The first kappa shape index (κ1) is 24.3. The zero-order valence-electron chi connectivity index (χ0n) is 20.0. The summed E-state index contributed by atoms with van der Waals surface area (Å²) in [7, 11) is 0. The van der Waals surface area contributed by atoms with Crippen molar-refractivity contribution in [2.75, 3.05) is 42.9 Å². The average Bonchev–Trinajstić information content (AvgIpc) is 2.87. The maximum absolute atomic E-state index is 14.2. The van der Waals surface area contributed by atoms with Gasteiger partial charge in [-0.3, -0.25) is 19.5 Å². The van der Waals surface area contributed by atoms with Crippen molar-refractivity contribution in [3.05, 3.63) is 89.5 Å². The minimum atomic E-state index is -0.706. The van der Waals surface area contributed by atoms with Crippen LogP contribution in [0.5, 0.6) is 0 Å². The first-order valence-electron chi connectivity index (χ1n) is 11.7. The number of nitrogens with zero attached hydrogens (tertiary/aromatic N) is 3. The molecule has 1 aliphatic heterocycles. The minimum absolute atomic E-state index is 0.162. The summed E-state index contributed by atoms with van der Waals surface area (Å²) in [5.41, 5.74) is 4.28. The molecule has 1 atom stereocenters. The number of halogens is 1. The molecule has 4 rings (SSSR count). The van der Waals surface area contributed by atoms with Crippen molar-refractivity contribution < 1.29 is 14.0 Å². The SMILES string of the molecule is Cc1ccc(NC(=O)C(=O)NCC(c2cccnc2)N2CCN(c3ccccc3F)CC2)cc1C. The van der Waals surface area contributed by atoms with Crippen molar-refractivity contribution in [1.82, 2.24) is 15.2 Å². The lowest BCUT2D eigenvalue weighted by atomic mass is 10.1. The lowest BCUT2D eigenvalue weighted by molar-refractivity contribution is -0.136. The topological polar surface area (TPSA) is 77.6 Å². The fourth-order valence-corrected chi connectivity index (χ4v) is 4.29. The van der Waals surface area contributed by atoms with E-state index in [1.165, 1.54) is 6.07 Å². The van der Waals surface area contributed by atoms with Crippen LogP contribution in [0.15, 0.2) is 67.0 Å². The predicted octanol–water partition coefficient (Wildman–Crippen LogP) is 3.46. The van der Waals surface area contributed by atoms with Crippen molar-refractivity contribution >= 4 is 23.2 Å². The Morgan fingerprint density at radius 2 is 1.74 bits per heavy atom. The van der Waals surface area contributed by atoms with Gasteiger partial charge >= 0.3 is 11.8 Å². The molecule has 1 fully saturated rings. The average molecular weight is 476 g/mol. The second-order valence-electron chi connectivity index (χ2n) is 8.74. The number of pyridine rings is 1. The van der Waals surface area contributed by atoms with E-state index in [-0.39, 0.29) is 18.4 Å². The molecule has 182 valence electrons. The first-order valence-corrected chi connectivity index (χ1v) is 11.7. The highest BCUT2D eigenvalue weighted by molar-refractivity contribution is 6.39. The Labute approximate surface area is 205 Å². The summed E-state index contributed by atoms with van der Waals surface area (Å²) in [6.07, 6.45) is 3.47. The Balaban J connectivity index is 1.39. The van der Waals surface area contributed by atoms with E-state index in [0.29, 0.717) is 37.6 Å². The standard InChI is InChI=1S/C27H30FN5O2/c1-19-9-10-22(16-20(19)2)31-27(35)26(34)30-18-25(21-6-5-11-29-17-21)33-14-12-32(13-15-33)24-8-4-3-7-23(24)28/h3-11,16-17,25H,12-15,18H2,1-2H3,(H,30,34)(H,31,35). The number of carbonyl (C=O) groups is 2. The van der Waals surface area contributed by atoms with Crippen LogP contribution < -0.4 is 15.5 Å². The maximum Gasteiger partial charge on any atom is 0.313 e. The summed E-state index contributed by atoms with van der Waals surface area (Å²) in [5, 5.41) is 5.45. The summed E-state index contributed by atoms with van der Waals surface area (Å²) in [4.78, 5) is 33.6. The van der Waals surface area contributed by atoms with E-state index in [1.54, 1.807) is 30.6 Å². The molecule has 3 aromatic rings. The van der Waals surface area contributed by atoms with Gasteiger partial charge in [0.2, 0.25) is 0 Å². The largest absolute Gasteiger partial charge is 0.367 e. The molecule has 1 saturated heterocycles. The van der Waals surface area contributed by atoms with Gasteiger partial charge in [0.1, 0.15) is 5.82 Å². The highest BCUT2D eigenvalue weighted by atomic mass is 19.1. The van der Waals surface area contributed by atoms with Crippen molar-refractivity contribution in [2.45, 2.75) is 19.9 Å². The smallest absolute Gasteiger partial charge is 0.313 e. The van der Waals surface area contributed by atoms with E-state index in [1.807, 2.05) is 49.1 Å². The molecule has 2 N–H and O–H groups in total. The fourth-order valence-electron chi connectivity index (χ4n) is 4.29. The lowest BCUT2D eigenvalue weighted by Gasteiger charge is -2.40. The Kier molecular flexibility index (Phi) is 7.72. The number of anilines is 2. The summed E-state index contributed by atoms with van der Waals surface area (Å²) >= 11 is 0. The third kappa shape index (κ3) is 6.02. The second kappa shape index (κ2) is 11.1. The predicted molar refractivity (Wildman–Crippen MR) is 135 cm³/mol. The van der Waals surface area contributed by atoms with E-state index in [4.69, 9.17) is 0 Å². The van der Waals surface area contributed by atoms with Crippen LogP contribution >= 0.6 is 0 Å². The number of amides is 2. The van der Waals surface area contributed by atoms with Crippen LogP contribution in [0, 0.1) is 19.7 Å². The Bertz CT molecular complexity index is 1180. The molecule has 1 unspecified atom stereocenters. The highest BCUT2D eigenvalue weighted by Gasteiger charge is 2.27. The summed E-state index contributed by atoms with van der Waals surface area (Å²) in [6, 6.07) is 16.0. The molecular formula is C27H30FN5O2. The van der Waals surface area contributed by atoms with Crippen LogP contribution in [0.4, 0.5) is 15.8 Å². The second-order valence-corrected chi connectivity index (χ2v) is 8.74. The normalized spacial score (nSPS) is 14.9. The van der Waals surface area contributed by atoms with Crippen molar-refractivity contribution in [2.24, 2.45) is 0 Å². The number of hydrogen-bond donors (Lipinski definition) is 2. The third-order valence-corrected chi connectivity index (χ3v) is 6.44. The van der Waals surface area contributed by atoms with E-state index in [0.717, 1.165) is 16.7 Å². The first-order chi connectivity index (χ1) is 16.9. The van der Waals surface area contributed by atoms with Gasteiger partial charge in [0, 0.05) is 50.8 Å². The van der Waals surface area contributed by atoms with Crippen molar-refractivity contribution in [3.63, 3.8) is 0 Å². The minimum Gasteiger partial charge on any atom is -0.367 e. The molecule has 1 aliphatic rings. The Hall–Kier alpha value is -3.78. The Morgan fingerprint density at radius 1 is 0.971 bits per heavy atom. The fraction of sp³-hybridized carbons (Fsp3) is 0.296.